The van der Waals surface area contributed by atoms with Gasteiger partial charge in [0.2, 0.25) is 11.8 Å². The van der Waals surface area contributed by atoms with Gasteiger partial charge in [0.15, 0.2) is 0 Å². The molecule has 1 aliphatic rings. The molecule has 0 saturated carbocycles. The lowest BCUT2D eigenvalue weighted by atomic mass is 9.99. The number of hydrogen-bond acceptors (Lipinski definition) is 3. The summed E-state index contributed by atoms with van der Waals surface area (Å²) in [4.78, 5) is 24.7. The van der Waals surface area contributed by atoms with Gasteiger partial charge in [0.05, 0.1) is 12.5 Å². The van der Waals surface area contributed by atoms with E-state index in [0.717, 1.165) is 25.9 Å². The van der Waals surface area contributed by atoms with Gasteiger partial charge in [-0.05, 0) is 26.3 Å². The molecule has 0 aromatic carbocycles. The average molecular weight is 227 g/mol. The Morgan fingerprint density at radius 2 is 2.25 bits per heavy atom. The van der Waals surface area contributed by atoms with E-state index in [9.17, 15) is 9.59 Å². The minimum atomic E-state index is -0.0420. The lowest BCUT2D eigenvalue weighted by Gasteiger charge is -2.22. The van der Waals surface area contributed by atoms with Gasteiger partial charge >= 0.3 is 0 Å². The Bertz CT molecular complexity index is 250. The first-order valence-corrected chi connectivity index (χ1v) is 5.87. The molecule has 1 heterocycles. The maximum atomic E-state index is 11.7. The minimum Gasteiger partial charge on any atom is -0.347 e. The summed E-state index contributed by atoms with van der Waals surface area (Å²) in [6, 6.07) is 0. The van der Waals surface area contributed by atoms with Gasteiger partial charge in [0.1, 0.15) is 0 Å². The van der Waals surface area contributed by atoms with E-state index in [1.54, 1.807) is 11.9 Å². The third kappa shape index (κ3) is 3.81. The van der Waals surface area contributed by atoms with Crippen LogP contribution in [0.3, 0.4) is 0 Å². The molecule has 0 radical (unpaired) electrons. The summed E-state index contributed by atoms with van der Waals surface area (Å²) < 4.78 is 0. The number of likely N-dealkylation sites (N-methyl/N-ethyl adjacent to an activating group) is 1. The summed E-state index contributed by atoms with van der Waals surface area (Å²) >= 11 is 0. The number of amides is 2. The van der Waals surface area contributed by atoms with E-state index in [2.05, 4.69) is 10.6 Å². The van der Waals surface area contributed by atoms with Crippen molar-refractivity contribution in [3.8, 4) is 0 Å². The lowest BCUT2D eigenvalue weighted by molar-refractivity contribution is -0.133. The maximum absolute atomic E-state index is 11.7. The van der Waals surface area contributed by atoms with Crippen LogP contribution in [0.4, 0.5) is 0 Å². The number of nitrogens with zero attached hydrogens (tertiary/aromatic N) is 1. The van der Waals surface area contributed by atoms with Gasteiger partial charge < -0.3 is 15.5 Å². The standard InChI is InChI=1S/C11H21N3O2/c1-3-14(2)10(15)8-13-11(16)9-5-4-6-12-7-9/h9,12H,3-8H2,1-2H3,(H,13,16)/t9-/m1/s1. The molecule has 1 rings (SSSR count). The molecule has 1 aliphatic heterocycles. The van der Waals surface area contributed by atoms with Crippen molar-refractivity contribution in [2.75, 3.05) is 33.2 Å². The lowest BCUT2D eigenvalue weighted by Crippen LogP contribution is -2.44. The second-order valence-corrected chi connectivity index (χ2v) is 4.17. The van der Waals surface area contributed by atoms with Gasteiger partial charge in [-0.1, -0.05) is 0 Å². The van der Waals surface area contributed by atoms with Crippen molar-refractivity contribution in [1.82, 2.24) is 15.5 Å². The number of carbonyl (C=O) groups is 2. The molecule has 1 saturated heterocycles. The van der Waals surface area contributed by atoms with Crippen molar-refractivity contribution in [3.63, 3.8) is 0 Å². The van der Waals surface area contributed by atoms with Crippen LogP contribution in [0.5, 0.6) is 0 Å². The molecule has 5 heteroatoms. The number of carbonyl (C=O) groups excluding carboxylic acids is 2. The molecule has 1 atom stereocenters. The SMILES string of the molecule is CCN(C)C(=O)CNC(=O)[C@@H]1CCCNC1. The van der Waals surface area contributed by atoms with Crippen molar-refractivity contribution >= 4 is 11.8 Å². The van der Waals surface area contributed by atoms with Gasteiger partial charge in [-0.15, -0.1) is 0 Å². The highest BCUT2D eigenvalue weighted by Gasteiger charge is 2.21. The largest absolute Gasteiger partial charge is 0.347 e. The molecular formula is C11H21N3O2. The molecule has 0 aromatic rings. The van der Waals surface area contributed by atoms with Crippen molar-refractivity contribution in [1.29, 1.82) is 0 Å². The van der Waals surface area contributed by atoms with Crippen LogP contribution >= 0.6 is 0 Å². The molecule has 16 heavy (non-hydrogen) atoms. The van der Waals surface area contributed by atoms with E-state index in [4.69, 9.17) is 0 Å². The van der Waals surface area contributed by atoms with Gasteiger partial charge in [0.25, 0.3) is 0 Å². The number of rotatable bonds is 4. The molecule has 5 nitrogen and oxygen atoms in total. The fourth-order valence-electron chi connectivity index (χ4n) is 1.69. The monoisotopic (exact) mass is 227 g/mol. The highest BCUT2D eigenvalue weighted by molar-refractivity contribution is 5.85. The van der Waals surface area contributed by atoms with Gasteiger partial charge in [-0.3, -0.25) is 9.59 Å². The zero-order chi connectivity index (χ0) is 12.0. The predicted molar refractivity (Wildman–Crippen MR) is 61.9 cm³/mol. The summed E-state index contributed by atoms with van der Waals surface area (Å²) in [5.41, 5.74) is 0. The molecular weight excluding hydrogens is 206 g/mol. The van der Waals surface area contributed by atoms with Crippen LogP contribution in [0, 0.1) is 5.92 Å². The second kappa shape index (κ2) is 6.48. The fraction of sp³-hybridized carbons (Fsp3) is 0.818. The third-order valence-electron chi connectivity index (χ3n) is 2.98. The highest BCUT2D eigenvalue weighted by Crippen LogP contribution is 2.09. The number of hydrogen-bond donors (Lipinski definition) is 2. The first-order valence-electron chi connectivity index (χ1n) is 5.87. The molecule has 0 spiro atoms. The molecule has 2 amide bonds. The zero-order valence-electron chi connectivity index (χ0n) is 10.1. The normalized spacial score (nSPS) is 20.2. The average Bonchev–Trinajstić information content (AvgIpc) is 2.35. The molecule has 2 N–H and O–H groups in total. The van der Waals surface area contributed by atoms with Crippen LogP contribution < -0.4 is 10.6 Å². The molecule has 92 valence electrons. The van der Waals surface area contributed by atoms with Crippen molar-refractivity contribution < 1.29 is 9.59 Å². The van der Waals surface area contributed by atoms with Crippen LogP contribution in [0.15, 0.2) is 0 Å². The topological polar surface area (TPSA) is 61.4 Å². The fourth-order valence-corrected chi connectivity index (χ4v) is 1.69. The van der Waals surface area contributed by atoms with E-state index in [1.807, 2.05) is 6.92 Å². The maximum Gasteiger partial charge on any atom is 0.241 e. The Morgan fingerprint density at radius 1 is 1.50 bits per heavy atom. The molecule has 0 aliphatic carbocycles. The highest BCUT2D eigenvalue weighted by atomic mass is 16.2. The van der Waals surface area contributed by atoms with E-state index in [-0.39, 0.29) is 24.3 Å². The van der Waals surface area contributed by atoms with Crippen molar-refractivity contribution in [3.05, 3.63) is 0 Å². The van der Waals surface area contributed by atoms with Crippen molar-refractivity contribution in [2.24, 2.45) is 5.92 Å². The Kier molecular flexibility index (Phi) is 5.25. The third-order valence-corrected chi connectivity index (χ3v) is 2.98. The Morgan fingerprint density at radius 3 is 2.81 bits per heavy atom. The van der Waals surface area contributed by atoms with Crippen LogP contribution in [-0.4, -0.2) is 49.9 Å². The van der Waals surface area contributed by atoms with Gasteiger partial charge in [-0.2, -0.15) is 0 Å². The second-order valence-electron chi connectivity index (χ2n) is 4.17. The Hall–Kier alpha value is -1.10. The van der Waals surface area contributed by atoms with E-state index < -0.39 is 0 Å². The van der Waals surface area contributed by atoms with E-state index in [1.165, 1.54) is 0 Å². The number of piperidine rings is 1. The molecule has 1 fully saturated rings. The molecule has 0 aromatic heterocycles. The summed E-state index contributed by atoms with van der Waals surface area (Å²) in [5, 5.41) is 5.88. The minimum absolute atomic E-state index is 0.00921. The van der Waals surface area contributed by atoms with Crippen LogP contribution in [-0.2, 0) is 9.59 Å². The predicted octanol–water partition coefficient (Wildman–Crippen LogP) is -0.419. The van der Waals surface area contributed by atoms with E-state index in [0.29, 0.717) is 6.54 Å². The molecule has 0 unspecified atom stereocenters. The number of nitrogens with one attached hydrogen (secondary N) is 2. The summed E-state index contributed by atoms with van der Waals surface area (Å²) in [7, 11) is 1.73. The first-order chi connectivity index (χ1) is 7.65. The van der Waals surface area contributed by atoms with E-state index >= 15 is 0 Å². The summed E-state index contributed by atoms with van der Waals surface area (Å²) in [6.07, 6.45) is 1.94. The van der Waals surface area contributed by atoms with Crippen LogP contribution in [0.2, 0.25) is 0 Å². The quantitative estimate of drug-likeness (QED) is 0.686. The van der Waals surface area contributed by atoms with Gasteiger partial charge in [-0.25, -0.2) is 0 Å². The Labute approximate surface area is 96.6 Å². The zero-order valence-corrected chi connectivity index (χ0v) is 10.1. The smallest absolute Gasteiger partial charge is 0.241 e. The van der Waals surface area contributed by atoms with Gasteiger partial charge in [0, 0.05) is 20.1 Å². The first kappa shape index (κ1) is 13.0. The van der Waals surface area contributed by atoms with Crippen LogP contribution in [0.25, 0.3) is 0 Å². The summed E-state index contributed by atoms with van der Waals surface area (Å²) in [5.74, 6) is -0.0295. The summed E-state index contributed by atoms with van der Waals surface area (Å²) in [6.45, 7) is 4.40. The Balaban J connectivity index is 2.26. The van der Waals surface area contributed by atoms with Crippen LogP contribution in [0.1, 0.15) is 19.8 Å². The molecule has 0 bridgehead atoms. The van der Waals surface area contributed by atoms with Crippen molar-refractivity contribution in [2.45, 2.75) is 19.8 Å².